The van der Waals surface area contributed by atoms with Gasteiger partial charge in [0, 0.05) is 13.1 Å². The Kier molecular flexibility index (Phi) is 4.81. The highest BCUT2D eigenvalue weighted by Crippen LogP contribution is 2.26. The van der Waals surface area contributed by atoms with Gasteiger partial charge in [-0.05, 0) is 74.9 Å². The maximum absolute atomic E-state index is 13.0. The molecule has 2 aromatic carbocycles. The Morgan fingerprint density at radius 3 is 2.68 bits per heavy atom. The van der Waals surface area contributed by atoms with Gasteiger partial charge in [0.2, 0.25) is 0 Å². The van der Waals surface area contributed by atoms with E-state index in [0.717, 1.165) is 4.47 Å². The SMILES string of the molecule is O=C(Nc1cc(Cl)ccc1Br)c1ccc(F)cc1I. The fraction of sp³-hybridized carbons (Fsp3) is 0. The molecule has 0 bridgehead atoms. The van der Waals surface area contributed by atoms with Crippen molar-refractivity contribution >= 4 is 61.7 Å². The molecule has 19 heavy (non-hydrogen) atoms. The number of carbonyl (C=O) groups is 1. The molecular weight excluding hydrogens is 447 g/mol. The largest absolute Gasteiger partial charge is 0.321 e. The molecule has 0 spiro atoms. The van der Waals surface area contributed by atoms with Crippen molar-refractivity contribution in [2.45, 2.75) is 0 Å². The molecule has 0 atom stereocenters. The summed E-state index contributed by atoms with van der Waals surface area (Å²) in [6.07, 6.45) is 0. The van der Waals surface area contributed by atoms with E-state index >= 15 is 0 Å². The lowest BCUT2D eigenvalue weighted by Gasteiger charge is -2.09. The van der Waals surface area contributed by atoms with Crippen molar-refractivity contribution in [3.05, 3.63) is 60.8 Å². The van der Waals surface area contributed by atoms with E-state index in [9.17, 15) is 9.18 Å². The van der Waals surface area contributed by atoms with Gasteiger partial charge in [-0.25, -0.2) is 4.39 Å². The van der Waals surface area contributed by atoms with Gasteiger partial charge in [-0.1, -0.05) is 11.6 Å². The van der Waals surface area contributed by atoms with E-state index in [1.807, 2.05) is 22.6 Å². The van der Waals surface area contributed by atoms with Crippen LogP contribution in [0.25, 0.3) is 0 Å². The fourth-order valence-corrected chi connectivity index (χ4v) is 2.70. The minimum Gasteiger partial charge on any atom is -0.321 e. The number of carbonyl (C=O) groups excluding carboxylic acids is 1. The Morgan fingerprint density at radius 1 is 1.26 bits per heavy atom. The molecule has 1 amide bonds. The van der Waals surface area contributed by atoms with Crippen molar-refractivity contribution in [1.29, 1.82) is 0 Å². The lowest BCUT2D eigenvalue weighted by molar-refractivity contribution is 0.102. The Hall–Kier alpha value is -0.660. The molecule has 0 saturated heterocycles. The normalized spacial score (nSPS) is 10.3. The molecule has 0 aliphatic carbocycles. The highest BCUT2D eigenvalue weighted by atomic mass is 127. The van der Waals surface area contributed by atoms with E-state index in [1.54, 1.807) is 18.2 Å². The van der Waals surface area contributed by atoms with Crippen molar-refractivity contribution in [1.82, 2.24) is 0 Å². The van der Waals surface area contributed by atoms with Crippen molar-refractivity contribution < 1.29 is 9.18 Å². The molecule has 1 N–H and O–H groups in total. The molecule has 0 saturated carbocycles. The Labute approximate surface area is 136 Å². The van der Waals surface area contributed by atoms with Crippen LogP contribution >= 0.6 is 50.1 Å². The summed E-state index contributed by atoms with van der Waals surface area (Å²) >= 11 is 11.1. The molecule has 0 aromatic heterocycles. The summed E-state index contributed by atoms with van der Waals surface area (Å²) < 4.78 is 14.3. The van der Waals surface area contributed by atoms with Gasteiger partial charge in [-0.3, -0.25) is 4.79 Å². The molecule has 6 heteroatoms. The molecule has 0 fully saturated rings. The lowest BCUT2D eigenvalue weighted by Crippen LogP contribution is -2.14. The first-order valence-corrected chi connectivity index (χ1v) is 7.44. The van der Waals surface area contributed by atoms with Crippen LogP contribution in [0.15, 0.2) is 40.9 Å². The van der Waals surface area contributed by atoms with Gasteiger partial charge in [0.25, 0.3) is 5.91 Å². The van der Waals surface area contributed by atoms with Crippen LogP contribution in [0.5, 0.6) is 0 Å². The van der Waals surface area contributed by atoms with Gasteiger partial charge >= 0.3 is 0 Å². The summed E-state index contributed by atoms with van der Waals surface area (Å²) in [5, 5.41) is 3.25. The van der Waals surface area contributed by atoms with E-state index < -0.39 is 0 Å². The molecule has 2 aromatic rings. The number of anilines is 1. The third kappa shape index (κ3) is 3.67. The van der Waals surface area contributed by atoms with Gasteiger partial charge in [-0.2, -0.15) is 0 Å². The van der Waals surface area contributed by atoms with Gasteiger partial charge in [0.15, 0.2) is 0 Å². The molecule has 2 nitrogen and oxygen atoms in total. The number of amides is 1. The van der Waals surface area contributed by atoms with Crippen molar-refractivity contribution in [2.75, 3.05) is 5.32 Å². The third-order valence-corrected chi connectivity index (χ3v) is 4.17. The highest BCUT2D eigenvalue weighted by Gasteiger charge is 2.12. The van der Waals surface area contributed by atoms with Crippen LogP contribution in [0.4, 0.5) is 10.1 Å². The minimum absolute atomic E-state index is 0.313. The van der Waals surface area contributed by atoms with Crippen LogP contribution < -0.4 is 5.32 Å². The molecule has 2 rings (SSSR count). The van der Waals surface area contributed by atoms with Crippen LogP contribution in [0.3, 0.4) is 0 Å². The number of nitrogens with one attached hydrogen (secondary N) is 1. The zero-order valence-electron chi connectivity index (χ0n) is 9.38. The van der Waals surface area contributed by atoms with Gasteiger partial charge in [-0.15, -0.1) is 0 Å². The van der Waals surface area contributed by atoms with Crippen molar-refractivity contribution in [3.63, 3.8) is 0 Å². The molecule has 98 valence electrons. The number of benzene rings is 2. The van der Waals surface area contributed by atoms with Gasteiger partial charge in [0.05, 0.1) is 11.3 Å². The topological polar surface area (TPSA) is 29.1 Å². The van der Waals surface area contributed by atoms with Crippen molar-refractivity contribution in [2.24, 2.45) is 0 Å². The standard InChI is InChI=1S/C13H7BrClFINO/c14-10-4-1-7(15)5-12(10)18-13(19)9-3-2-8(16)6-11(9)17/h1-6H,(H,18,19). The van der Waals surface area contributed by atoms with Crippen LogP contribution in [0.2, 0.25) is 5.02 Å². The molecule has 0 heterocycles. The predicted molar refractivity (Wildman–Crippen MR) is 86.2 cm³/mol. The monoisotopic (exact) mass is 453 g/mol. The number of halogens is 4. The first kappa shape index (κ1) is 14.7. The van der Waals surface area contributed by atoms with Crippen LogP contribution in [-0.4, -0.2) is 5.91 Å². The van der Waals surface area contributed by atoms with E-state index in [1.165, 1.54) is 18.2 Å². The predicted octanol–water partition coefficient (Wildman–Crippen LogP) is 5.10. The lowest BCUT2D eigenvalue weighted by atomic mass is 10.2. The number of hydrogen-bond donors (Lipinski definition) is 1. The summed E-state index contributed by atoms with van der Waals surface area (Å²) in [7, 11) is 0. The molecular formula is C13H7BrClFINO. The van der Waals surface area contributed by atoms with E-state index in [0.29, 0.717) is 19.8 Å². The van der Waals surface area contributed by atoms with Gasteiger partial charge < -0.3 is 5.32 Å². The van der Waals surface area contributed by atoms with Crippen LogP contribution in [0.1, 0.15) is 10.4 Å². The van der Waals surface area contributed by atoms with Crippen LogP contribution in [-0.2, 0) is 0 Å². The average Bonchev–Trinajstić information content (AvgIpc) is 2.33. The maximum Gasteiger partial charge on any atom is 0.256 e. The first-order valence-electron chi connectivity index (χ1n) is 5.19. The zero-order chi connectivity index (χ0) is 14.0. The second-order valence-electron chi connectivity index (χ2n) is 3.70. The third-order valence-electron chi connectivity index (χ3n) is 2.35. The Balaban J connectivity index is 2.28. The molecule has 0 radical (unpaired) electrons. The zero-order valence-corrected chi connectivity index (χ0v) is 13.9. The molecule has 0 aliphatic rings. The fourth-order valence-electron chi connectivity index (χ4n) is 1.46. The summed E-state index contributed by atoms with van der Waals surface area (Å²) in [5.41, 5.74) is 0.978. The van der Waals surface area contributed by atoms with E-state index in [4.69, 9.17) is 11.6 Å². The highest BCUT2D eigenvalue weighted by molar-refractivity contribution is 14.1. The van der Waals surface area contributed by atoms with Crippen LogP contribution in [0, 0.1) is 9.39 Å². The molecule has 0 unspecified atom stereocenters. The molecule has 0 aliphatic heterocycles. The van der Waals surface area contributed by atoms with Crippen molar-refractivity contribution in [3.8, 4) is 0 Å². The Bertz CT molecular complexity index is 651. The second kappa shape index (κ2) is 6.19. The number of rotatable bonds is 2. The summed E-state index contributed by atoms with van der Waals surface area (Å²) in [6, 6.07) is 9.11. The maximum atomic E-state index is 13.0. The second-order valence-corrected chi connectivity index (χ2v) is 6.16. The van der Waals surface area contributed by atoms with E-state index in [-0.39, 0.29) is 11.7 Å². The summed E-state index contributed by atoms with van der Waals surface area (Å²) in [5.74, 6) is -0.683. The van der Waals surface area contributed by atoms with E-state index in [2.05, 4.69) is 21.2 Å². The smallest absolute Gasteiger partial charge is 0.256 e. The van der Waals surface area contributed by atoms with Gasteiger partial charge in [0.1, 0.15) is 5.82 Å². The quantitative estimate of drug-likeness (QED) is 0.629. The minimum atomic E-state index is -0.370. The summed E-state index contributed by atoms with van der Waals surface area (Å²) in [4.78, 5) is 12.1. The number of hydrogen-bond acceptors (Lipinski definition) is 1. The average molecular weight is 454 g/mol. The summed E-state index contributed by atoms with van der Waals surface area (Å²) in [6.45, 7) is 0. The first-order chi connectivity index (χ1) is 8.97. The Morgan fingerprint density at radius 2 is 2.00 bits per heavy atom.